The molecule has 2 rings (SSSR count). The van der Waals surface area contributed by atoms with E-state index in [2.05, 4.69) is 22.0 Å². The van der Waals surface area contributed by atoms with E-state index in [0.29, 0.717) is 0 Å². The summed E-state index contributed by atoms with van der Waals surface area (Å²) in [5, 5.41) is 1.12. The molecule has 0 aliphatic rings. The van der Waals surface area contributed by atoms with Gasteiger partial charge in [-0.25, -0.2) is 0 Å². The fraction of sp³-hybridized carbons (Fsp3) is 0.100. The number of alkyl halides is 1. The van der Waals surface area contributed by atoms with E-state index in [1.54, 1.807) is 6.07 Å². The van der Waals surface area contributed by atoms with Crippen molar-refractivity contribution in [3.05, 3.63) is 44.3 Å². The van der Waals surface area contributed by atoms with Crippen molar-refractivity contribution in [2.75, 3.05) is 4.93 Å². The van der Waals surface area contributed by atoms with Crippen molar-refractivity contribution in [1.82, 2.24) is 4.98 Å². The van der Waals surface area contributed by atoms with Crippen LogP contribution < -0.4 is 26.8 Å². The van der Waals surface area contributed by atoms with Crippen LogP contribution in [-0.4, -0.2) is 9.91 Å². The van der Waals surface area contributed by atoms with Crippen LogP contribution in [0.5, 0.6) is 0 Å². The maximum atomic E-state index is 11.0. The van der Waals surface area contributed by atoms with Crippen molar-refractivity contribution < 1.29 is 21.2 Å². The number of aromatic nitrogens is 1. The summed E-state index contributed by atoms with van der Waals surface area (Å²) in [4.78, 5) is 16.0. The van der Waals surface area contributed by atoms with Gasteiger partial charge in [-0.1, -0.05) is 0 Å². The Bertz CT molecular complexity index is 489. The molecule has 2 aromatic rings. The SMILES string of the molecule is C[I-]c1ccc2[nH]c(=O)ccc2c1. The van der Waals surface area contributed by atoms with Crippen LogP contribution in [0.25, 0.3) is 10.9 Å². The quantitative estimate of drug-likeness (QED) is 0.498. The molecule has 0 saturated carbocycles. The van der Waals surface area contributed by atoms with E-state index in [9.17, 15) is 4.79 Å². The number of halogens is 1. The van der Waals surface area contributed by atoms with E-state index in [1.807, 2.05) is 12.1 Å². The van der Waals surface area contributed by atoms with Gasteiger partial charge in [0.15, 0.2) is 0 Å². The number of H-pyrrole nitrogens is 1. The molecule has 0 amide bonds. The molecule has 3 heteroatoms. The van der Waals surface area contributed by atoms with Gasteiger partial charge in [-0.3, -0.25) is 0 Å². The van der Waals surface area contributed by atoms with Gasteiger partial charge in [0.1, 0.15) is 0 Å². The fourth-order valence-corrected chi connectivity index (χ4v) is 2.43. The zero-order valence-corrected chi connectivity index (χ0v) is 9.33. The standard InChI is InChI=1S/C10H9INO/c1-11-8-3-4-9-7(6-8)2-5-10(13)12-9/h2-6H,1H3,(H,12,13)/q-1. The molecule has 0 unspecified atom stereocenters. The van der Waals surface area contributed by atoms with Gasteiger partial charge in [0.25, 0.3) is 0 Å². The third kappa shape index (κ3) is 1.75. The van der Waals surface area contributed by atoms with Gasteiger partial charge in [0.2, 0.25) is 0 Å². The van der Waals surface area contributed by atoms with Crippen molar-refractivity contribution >= 4 is 10.9 Å². The zero-order valence-electron chi connectivity index (χ0n) is 7.17. The first kappa shape index (κ1) is 8.74. The number of nitrogens with one attached hydrogen (secondary N) is 1. The summed E-state index contributed by atoms with van der Waals surface area (Å²) in [5.41, 5.74) is 0.889. The predicted molar refractivity (Wildman–Crippen MR) is 49.2 cm³/mol. The molecule has 2 nitrogen and oxygen atoms in total. The van der Waals surface area contributed by atoms with Crippen LogP contribution in [-0.2, 0) is 0 Å². The summed E-state index contributed by atoms with van der Waals surface area (Å²) >= 11 is 0.135. The van der Waals surface area contributed by atoms with Crippen molar-refractivity contribution in [1.29, 1.82) is 0 Å². The molecule has 68 valence electrons. The van der Waals surface area contributed by atoms with Gasteiger partial charge in [-0.15, -0.1) is 0 Å². The first-order valence-electron chi connectivity index (χ1n) is 3.92. The molecule has 1 aromatic heterocycles. The number of fused-ring (bicyclic) bond motifs is 1. The Hall–Kier alpha value is -0.840. The summed E-state index contributed by atoms with van der Waals surface area (Å²) < 4.78 is 1.40. The third-order valence-electron chi connectivity index (χ3n) is 1.90. The Kier molecular flexibility index (Phi) is 2.35. The van der Waals surface area contributed by atoms with Gasteiger partial charge < -0.3 is 0 Å². The van der Waals surface area contributed by atoms with Crippen LogP contribution in [0.2, 0.25) is 0 Å². The monoisotopic (exact) mass is 286 g/mol. The second-order valence-corrected chi connectivity index (χ2v) is 5.07. The molecule has 1 heterocycles. The molecule has 0 spiro atoms. The first-order valence-corrected chi connectivity index (χ1v) is 7.16. The molecule has 0 bridgehead atoms. The van der Waals surface area contributed by atoms with Crippen LogP contribution in [0.4, 0.5) is 0 Å². The molecular weight excluding hydrogens is 277 g/mol. The summed E-state index contributed by atoms with van der Waals surface area (Å²) in [6.45, 7) is 0. The molecule has 13 heavy (non-hydrogen) atoms. The van der Waals surface area contributed by atoms with Crippen molar-refractivity contribution in [2.45, 2.75) is 0 Å². The number of pyridine rings is 1. The van der Waals surface area contributed by atoms with Crippen LogP contribution in [0.3, 0.4) is 0 Å². The average molecular weight is 286 g/mol. The van der Waals surface area contributed by atoms with Gasteiger partial charge >= 0.3 is 86.3 Å². The van der Waals surface area contributed by atoms with E-state index in [-0.39, 0.29) is 26.8 Å². The minimum absolute atomic E-state index is 0.0357. The summed E-state index contributed by atoms with van der Waals surface area (Å²) in [6, 6.07) is 9.66. The average Bonchev–Trinajstić information content (AvgIpc) is 2.17. The maximum absolute atomic E-state index is 11.0. The second kappa shape index (κ2) is 3.49. The Morgan fingerprint density at radius 1 is 1.23 bits per heavy atom. The van der Waals surface area contributed by atoms with Crippen molar-refractivity contribution in [2.24, 2.45) is 0 Å². The molecule has 0 radical (unpaired) electrons. The molecule has 1 N–H and O–H groups in total. The minimum atomic E-state index is -0.0357. The number of benzene rings is 1. The van der Waals surface area contributed by atoms with Crippen LogP contribution in [0.15, 0.2) is 35.1 Å². The number of hydrogen-bond acceptors (Lipinski definition) is 1. The van der Waals surface area contributed by atoms with Crippen LogP contribution >= 0.6 is 0 Å². The number of aromatic amines is 1. The summed E-state index contributed by atoms with van der Waals surface area (Å²) in [6.07, 6.45) is 0. The Labute approximate surface area is 86.2 Å². The molecule has 0 aliphatic carbocycles. The number of rotatable bonds is 1. The normalized spacial score (nSPS) is 10.8. The fourth-order valence-electron chi connectivity index (χ4n) is 1.24. The molecular formula is C10H9INO-. The van der Waals surface area contributed by atoms with E-state index in [0.717, 1.165) is 10.9 Å². The molecule has 1 aromatic carbocycles. The predicted octanol–water partition coefficient (Wildman–Crippen LogP) is -1.58. The van der Waals surface area contributed by atoms with E-state index >= 15 is 0 Å². The molecule has 0 fully saturated rings. The molecule has 0 aliphatic heterocycles. The first-order chi connectivity index (χ1) is 6.29. The van der Waals surface area contributed by atoms with E-state index < -0.39 is 0 Å². The molecule has 0 atom stereocenters. The van der Waals surface area contributed by atoms with Crippen LogP contribution in [0.1, 0.15) is 0 Å². The molecule has 0 saturated heterocycles. The summed E-state index contributed by atoms with van der Waals surface area (Å²) in [7, 11) is 0. The Morgan fingerprint density at radius 3 is 2.85 bits per heavy atom. The van der Waals surface area contributed by atoms with E-state index in [1.165, 1.54) is 3.57 Å². The summed E-state index contributed by atoms with van der Waals surface area (Å²) in [5.74, 6) is 0. The topological polar surface area (TPSA) is 32.9 Å². The third-order valence-corrected chi connectivity index (χ3v) is 3.82. The van der Waals surface area contributed by atoms with E-state index in [4.69, 9.17) is 0 Å². The Morgan fingerprint density at radius 2 is 2.08 bits per heavy atom. The van der Waals surface area contributed by atoms with Gasteiger partial charge in [-0.05, 0) is 0 Å². The van der Waals surface area contributed by atoms with Gasteiger partial charge in [-0.2, -0.15) is 0 Å². The number of hydrogen-bond donors (Lipinski definition) is 1. The van der Waals surface area contributed by atoms with Crippen LogP contribution in [0, 0.1) is 3.57 Å². The van der Waals surface area contributed by atoms with Gasteiger partial charge in [0, 0.05) is 0 Å². The van der Waals surface area contributed by atoms with Crippen molar-refractivity contribution in [3.63, 3.8) is 0 Å². The van der Waals surface area contributed by atoms with Crippen molar-refractivity contribution in [3.8, 4) is 0 Å². The Balaban J connectivity index is 2.73. The zero-order chi connectivity index (χ0) is 9.26. The second-order valence-electron chi connectivity index (χ2n) is 2.74. The van der Waals surface area contributed by atoms with Gasteiger partial charge in [0.05, 0.1) is 0 Å².